The molecular weight excluding hydrogens is 776 g/mol. The third-order valence-electron chi connectivity index (χ3n) is 12.3. The second-order valence-electron chi connectivity index (χ2n) is 15.8. The van der Waals surface area contributed by atoms with Gasteiger partial charge in [0.15, 0.2) is 0 Å². The maximum absolute atomic E-state index is 15.0. The number of fused-ring (bicyclic) bond motifs is 7. The summed E-state index contributed by atoms with van der Waals surface area (Å²) in [6, 6.07) is 79.0. The first-order valence-electron chi connectivity index (χ1n) is 20.9. The topological polar surface area (TPSA) is 8.17 Å². The van der Waals surface area contributed by atoms with Crippen molar-refractivity contribution in [2.24, 2.45) is 0 Å². The molecule has 0 atom stereocenters. The van der Waals surface area contributed by atoms with Crippen LogP contribution in [0, 0.1) is 5.82 Å². The van der Waals surface area contributed by atoms with Gasteiger partial charge in [0.25, 0.3) is 0 Å². The van der Waals surface area contributed by atoms with E-state index >= 15 is 4.39 Å². The minimum absolute atomic E-state index is 0.259. The Hall–Kier alpha value is -7.79. The lowest BCUT2D eigenvalue weighted by atomic mass is 9.91. The van der Waals surface area contributed by atoms with Crippen molar-refractivity contribution in [3.05, 3.63) is 230 Å². The second kappa shape index (κ2) is 14.7. The molecule has 12 rings (SSSR count). The van der Waals surface area contributed by atoms with Gasteiger partial charge in [-0.1, -0.05) is 158 Å². The van der Waals surface area contributed by atoms with Gasteiger partial charge < -0.3 is 9.47 Å². The van der Waals surface area contributed by atoms with E-state index in [-0.39, 0.29) is 5.82 Å². The number of hydrogen-bond acceptors (Lipinski definition) is 2. The number of para-hydroxylation sites is 2. The highest BCUT2D eigenvalue weighted by Crippen LogP contribution is 2.46. The molecule has 0 amide bonds. The zero-order valence-electron chi connectivity index (χ0n) is 33.5. The summed E-state index contributed by atoms with van der Waals surface area (Å²) < 4.78 is 19.8. The molecule has 2 aromatic heterocycles. The Balaban J connectivity index is 1.06. The highest BCUT2D eigenvalue weighted by atomic mass is 32.1. The zero-order chi connectivity index (χ0) is 41.1. The molecule has 0 N–H and O–H groups in total. The Morgan fingerprint density at radius 2 is 1.00 bits per heavy atom. The van der Waals surface area contributed by atoms with Crippen LogP contribution in [0.5, 0.6) is 0 Å². The number of rotatable bonds is 7. The monoisotopic (exact) mass is 812 g/mol. The predicted molar refractivity (Wildman–Crippen MR) is 262 cm³/mol. The van der Waals surface area contributed by atoms with Crippen LogP contribution in [-0.4, -0.2) is 4.57 Å². The van der Waals surface area contributed by atoms with Crippen molar-refractivity contribution in [1.29, 1.82) is 0 Å². The summed E-state index contributed by atoms with van der Waals surface area (Å²) in [5, 5.41) is 7.08. The summed E-state index contributed by atoms with van der Waals surface area (Å²) in [7, 11) is 0. The van der Waals surface area contributed by atoms with Gasteiger partial charge in [0, 0.05) is 53.6 Å². The van der Waals surface area contributed by atoms with E-state index in [1.165, 1.54) is 53.2 Å². The number of aromatic nitrogens is 1. The first-order chi connectivity index (χ1) is 30.7. The summed E-state index contributed by atoms with van der Waals surface area (Å²) in [4.78, 5) is 2.37. The zero-order valence-corrected chi connectivity index (χ0v) is 34.4. The SMILES string of the molecule is Fc1ccc2c3ccccc3n(-c3cccc(N(c4ccc(-c5cccc6c5sc5ccccc56)cc4)c4ccccc4-c4ccc(-c5ccccc5)c5ccccc45)c3)c2c1. The standard InChI is InChI=1S/C58H37FN2S/c59-40-30-33-51-50-21-7-10-26-55(50)61(56(51)36-40)43-17-12-16-42(37-43)60(41-31-28-39(29-32-41)45-23-13-24-53-52-22-8-11-27-57(52)62-58(45)53)54-25-9-6-20-49(54)48-35-34-44(38-14-2-1-3-15-38)46-18-4-5-19-47(46)48/h1-37H. The molecule has 0 fully saturated rings. The van der Waals surface area contributed by atoms with Crippen molar-refractivity contribution in [3.8, 4) is 39.1 Å². The quantitative estimate of drug-likeness (QED) is 0.156. The van der Waals surface area contributed by atoms with Crippen LogP contribution in [0.3, 0.4) is 0 Å². The minimum atomic E-state index is -0.259. The fourth-order valence-corrected chi connectivity index (χ4v) is 10.7. The number of nitrogens with zero attached hydrogens (tertiary/aromatic N) is 2. The van der Waals surface area contributed by atoms with Crippen LogP contribution in [-0.2, 0) is 0 Å². The molecule has 0 bridgehead atoms. The molecule has 2 nitrogen and oxygen atoms in total. The fourth-order valence-electron chi connectivity index (χ4n) is 9.48. The molecule has 0 aliphatic carbocycles. The van der Waals surface area contributed by atoms with Gasteiger partial charge in [-0.05, 0) is 105 Å². The van der Waals surface area contributed by atoms with Crippen molar-refractivity contribution in [1.82, 2.24) is 4.57 Å². The van der Waals surface area contributed by atoms with Crippen molar-refractivity contribution in [2.75, 3.05) is 4.90 Å². The van der Waals surface area contributed by atoms with Crippen LogP contribution in [0.15, 0.2) is 224 Å². The average Bonchev–Trinajstić information content (AvgIpc) is 3.88. The minimum Gasteiger partial charge on any atom is -0.310 e. The number of halogens is 1. The summed E-state index contributed by atoms with van der Waals surface area (Å²) in [6.07, 6.45) is 0. The third-order valence-corrected chi connectivity index (χ3v) is 13.5. The van der Waals surface area contributed by atoms with E-state index in [9.17, 15) is 0 Å². The van der Waals surface area contributed by atoms with Crippen LogP contribution in [0.25, 0.3) is 91.8 Å². The molecule has 292 valence electrons. The van der Waals surface area contributed by atoms with Gasteiger partial charge in [-0.25, -0.2) is 4.39 Å². The number of thiophene rings is 1. The summed E-state index contributed by atoms with van der Waals surface area (Å²) in [5.41, 5.74) is 13.0. The predicted octanol–water partition coefficient (Wildman–Crippen LogP) is 16.9. The number of benzene rings is 10. The van der Waals surface area contributed by atoms with E-state index in [0.29, 0.717) is 0 Å². The maximum atomic E-state index is 15.0. The Kier molecular flexibility index (Phi) is 8.58. The third kappa shape index (κ3) is 5.91. The lowest BCUT2D eigenvalue weighted by molar-refractivity contribution is 0.629. The lowest BCUT2D eigenvalue weighted by Crippen LogP contribution is -2.12. The highest BCUT2D eigenvalue weighted by Gasteiger charge is 2.21. The highest BCUT2D eigenvalue weighted by molar-refractivity contribution is 7.26. The summed E-state index contributed by atoms with van der Waals surface area (Å²) in [5.74, 6) is -0.259. The van der Waals surface area contributed by atoms with Gasteiger partial charge in [0.2, 0.25) is 0 Å². The lowest BCUT2D eigenvalue weighted by Gasteiger charge is -2.29. The molecule has 0 radical (unpaired) electrons. The molecule has 62 heavy (non-hydrogen) atoms. The van der Waals surface area contributed by atoms with Gasteiger partial charge in [-0.15, -0.1) is 11.3 Å². The number of hydrogen-bond donors (Lipinski definition) is 0. The van der Waals surface area contributed by atoms with E-state index in [1.807, 2.05) is 23.5 Å². The van der Waals surface area contributed by atoms with Crippen LogP contribution >= 0.6 is 11.3 Å². The Labute approximate surface area is 362 Å². The molecule has 10 aromatic carbocycles. The van der Waals surface area contributed by atoms with Crippen LogP contribution < -0.4 is 4.90 Å². The molecular formula is C58H37FN2S. The van der Waals surface area contributed by atoms with Gasteiger partial charge in [-0.3, -0.25) is 0 Å². The molecule has 0 saturated heterocycles. The largest absolute Gasteiger partial charge is 0.310 e. The van der Waals surface area contributed by atoms with Crippen LogP contribution in [0.1, 0.15) is 0 Å². The van der Waals surface area contributed by atoms with Gasteiger partial charge in [0.05, 0.1) is 16.7 Å². The van der Waals surface area contributed by atoms with Crippen LogP contribution in [0.4, 0.5) is 21.5 Å². The van der Waals surface area contributed by atoms with E-state index in [0.717, 1.165) is 55.7 Å². The molecule has 0 saturated carbocycles. The Bertz CT molecular complexity index is 3660. The molecule has 0 aliphatic rings. The summed E-state index contributed by atoms with van der Waals surface area (Å²) >= 11 is 1.85. The van der Waals surface area contributed by atoms with Gasteiger partial charge in [-0.2, -0.15) is 0 Å². The Morgan fingerprint density at radius 1 is 0.371 bits per heavy atom. The molecule has 2 heterocycles. The molecule has 0 unspecified atom stereocenters. The van der Waals surface area contributed by atoms with Crippen molar-refractivity contribution in [2.45, 2.75) is 0 Å². The van der Waals surface area contributed by atoms with E-state index < -0.39 is 0 Å². The molecule has 0 spiro atoms. The van der Waals surface area contributed by atoms with E-state index in [1.54, 1.807) is 12.1 Å². The molecule has 0 aliphatic heterocycles. The van der Waals surface area contributed by atoms with Crippen LogP contribution in [0.2, 0.25) is 0 Å². The van der Waals surface area contributed by atoms with Gasteiger partial charge in [0.1, 0.15) is 5.82 Å². The first kappa shape index (κ1) is 36.1. The second-order valence-corrected chi connectivity index (χ2v) is 16.8. The fraction of sp³-hybridized carbons (Fsp3) is 0. The van der Waals surface area contributed by atoms with E-state index in [2.05, 4.69) is 210 Å². The van der Waals surface area contributed by atoms with E-state index in [4.69, 9.17) is 0 Å². The maximum Gasteiger partial charge on any atom is 0.125 e. The first-order valence-corrected chi connectivity index (χ1v) is 21.8. The van der Waals surface area contributed by atoms with Crippen molar-refractivity contribution >= 4 is 81.1 Å². The Morgan fingerprint density at radius 3 is 1.85 bits per heavy atom. The molecule has 12 aromatic rings. The van der Waals surface area contributed by atoms with Gasteiger partial charge >= 0.3 is 0 Å². The van der Waals surface area contributed by atoms with Crippen molar-refractivity contribution in [3.63, 3.8) is 0 Å². The van der Waals surface area contributed by atoms with Crippen molar-refractivity contribution < 1.29 is 4.39 Å². The normalized spacial score (nSPS) is 11.6. The molecule has 4 heteroatoms. The summed E-state index contributed by atoms with van der Waals surface area (Å²) in [6.45, 7) is 0. The average molecular weight is 813 g/mol. The smallest absolute Gasteiger partial charge is 0.125 e. The number of anilines is 3.